The zero-order valence-corrected chi connectivity index (χ0v) is 14.6. The van der Waals surface area contributed by atoms with Crippen LogP contribution in [0.15, 0.2) is 0 Å². The number of ether oxygens (including phenoxy) is 1. The van der Waals surface area contributed by atoms with Gasteiger partial charge in [0.15, 0.2) is 5.90 Å². The molecule has 0 heterocycles. The fraction of sp³-hybridized carbons (Fsp3) is 0.875. The maximum Gasteiger partial charge on any atom is 0.223 e. The van der Waals surface area contributed by atoms with Crippen molar-refractivity contribution in [2.24, 2.45) is 17.3 Å². The van der Waals surface area contributed by atoms with Crippen molar-refractivity contribution in [3.8, 4) is 0 Å². The van der Waals surface area contributed by atoms with E-state index in [0.29, 0.717) is 0 Å². The molecule has 6 heteroatoms. The van der Waals surface area contributed by atoms with Crippen molar-refractivity contribution in [1.29, 1.82) is 5.41 Å². The number of aliphatic hydroxyl groups is 2. The molecule has 3 unspecified atom stereocenters. The van der Waals surface area contributed by atoms with E-state index in [2.05, 4.69) is 39.9 Å². The summed E-state index contributed by atoms with van der Waals surface area (Å²) in [7, 11) is 0. The van der Waals surface area contributed by atoms with Crippen LogP contribution in [-0.2, 0) is 9.53 Å². The fourth-order valence-corrected chi connectivity index (χ4v) is 2.66. The van der Waals surface area contributed by atoms with Crippen molar-refractivity contribution >= 4 is 11.8 Å². The van der Waals surface area contributed by atoms with Gasteiger partial charge in [-0.2, -0.15) is 0 Å². The van der Waals surface area contributed by atoms with E-state index in [1.807, 2.05) is 0 Å². The van der Waals surface area contributed by atoms with Crippen LogP contribution in [-0.4, -0.2) is 47.4 Å². The molecule has 1 amide bonds. The highest BCUT2D eigenvalue weighted by atomic mass is 16.5. The Hall–Kier alpha value is -1.14. The van der Waals surface area contributed by atoms with Crippen LogP contribution in [0.2, 0.25) is 0 Å². The van der Waals surface area contributed by atoms with E-state index in [4.69, 9.17) is 15.3 Å². The van der Waals surface area contributed by atoms with Crippen molar-refractivity contribution < 1.29 is 19.7 Å². The van der Waals surface area contributed by atoms with Gasteiger partial charge >= 0.3 is 0 Å². The molecule has 0 spiro atoms. The molecule has 0 aliphatic heterocycles. The Morgan fingerprint density at radius 1 is 1.27 bits per heavy atom. The molecule has 0 radical (unpaired) electrons. The van der Waals surface area contributed by atoms with Crippen molar-refractivity contribution in [2.75, 3.05) is 13.2 Å². The Morgan fingerprint density at radius 3 is 2.23 bits per heavy atom. The predicted molar refractivity (Wildman–Crippen MR) is 86.8 cm³/mol. The van der Waals surface area contributed by atoms with E-state index in [0.717, 1.165) is 0 Å². The normalized spacial score (nSPS) is 16.0. The summed E-state index contributed by atoms with van der Waals surface area (Å²) in [6.45, 7) is 11.7. The molecule has 0 aromatic carbocycles. The lowest BCUT2D eigenvalue weighted by Gasteiger charge is -2.34. The van der Waals surface area contributed by atoms with Gasteiger partial charge in [-0.15, -0.1) is 0 Å². The van der Waals surface area contributed by atoms with Crippen LogP contribution < -0.4 is 5.32 Å². The Bertz CT molecular complexity index is 364. The Morgan fingerprint density at radius 2 is 1.82 bits per heavy atom. The highest BCUT2D eigenvalue weighted by molar-refractivity contribution is 5.79. The van der Waals surface area contributed by atoms with E-state index < -0.39 is 18.8 Å². The molecule has 0 saturated heterocycles. The van der Waals surface area contributed by atoms with Gasteiger partial charge in [-0.25, -0.2) is 0 Å². The maximum atomic E-state index is 11.7. The standard InChI is InChI=1S/C16H32N2O4/c1-10(2)14(16(4,5)6)15(17)22-11(3)7-13(21)18-8-12(20)9-19/h10-12,14,17,19-20H,7-9H2,1-6H3,(H,18,21). The zero-order valence-electron chi connectivity index (χ0n) is 14.6. The van der Waals surface area contributed by atoms with Gasteiger partial charge in [0.25, 0.3) is 0 Å². The van der Waals surface area contributed by atoms with Crippen LogP contribution in [0.5, 0.6) is 0 Å². The first-order valence-corrected chi connectivity index (χ1v) is 7.79. The SMILES string of the molecule is CC(CC(=O)NCC(O)CO)OC(=N)C(C(C)C)C(C)(C)C. The molecule has 0 aromatic heterocycles. The fourth-order valence-electron chi connectivity index (χ4n) is 2.66. The zero-order chi connectivity index (χ0) is 17.5. The molecule has 3 atom stereocenters. The average Bonchev–Trinajstić information content (AvgIpc) is 2.32. The molecule has 0 fully saturated rings. The van der Waals surface area contributed by atoms with Gasteiger partial charge in [-0.3, -0.25) is 10.2 Å². The molecule has 130 valence electrons. The number of aliphatic hydroxyl groups excluding tert-OH is 2. The number of hydrogen-bond acceptors (Lipinski definition) is 5. The summed E-state index contributed by atoms with van der Waals surface area (Å²) in [4.78, 5) is 11.7. The van der Waals surface area contributed by atoms with Crippen molar-refractivity contribution in [3.63, 3.8) is 0 Å². The quantitative estimate of drug-likeness (QED) is 0.403. The lowest BCUT2D eigenvalue weighted by atomic mass is 9.74. The van der Waals surface area contributed by atoms with Crippen LogP contribution in [0.4, 0.5) is 0 Å². The minimum atomic E-state index is -0.954. The Labute approximate surface area is 133 Å². The molecule has 0 aromatic rings. The van der Waals surface area contributed by atoms with Crippen LogP contribution in [0.25, 0.3) is 0 Å². The van der Waals surface area contributed by atoms with E-state index in [1.54, 1.807) is 6.92 Å². The lowest BCUT2D eigenvalue weighted by Crippen LogP contribution is -2.38. The molecule has 6 nitrogen and oxygen atoms in total. The maximum absolute atomic E-state index is 11.7. The second-order valence-electron chi connectivity index (χ2n) is 7.23. The van der Waals surface area contributed by atoms with Crippen LogP contribution >= 0.6 is 0 Å². The van der Waals surface area contributed by atoms with E-state index in [9.17, 15) is 9.90 Å². The highest BCUT2D eigenvalue weighted by Crippen LogP contribution is 2.33. The minimum absolute atomic E-state index is 0.0100. The molecule has 4 N–H and O–H groups in total. The third-order valence-corrected chi connectivity index (χ3v) is 3.43. The Kier molecular flexibility index (Phi) is 8.63. The molecule has 0 aliphatic carbocycles. The number of hydrogen-bond donors (Lipinski definition) is 4. The number of nitrogens with one attached hydrogen (secondary N) is 2. The van der Waals surface area contributed by atoms with Crippen molar-refractivity contribution in [2.45, 2.75) is 60.2 Å². The van der Waals surface area contributed by atoms with Gasteiger partial charge in [0.2, 0.25) is 5.91 Å². The monoisotopic (exact) mass is 316 g/mol. The summed E-state index contributed by atoms with van der Waals surface area (Å²) >= 11 is 0. The number of carbonyl (C=O) groups is 1. The first-order chi connectivity index (χ1) is 9.98. The van der Waals surface area contributed by atoms with Gasteiger partial charge in [0.05, 0.1) is 19.1 Å². The molecule has 22 heavy (non-hydrogen) atoms. The summed E-state index contributed by atoms with van der Waals surface area (Å²) < 4.78 is 5.61. The summed E-state index contributed by atoms with van der Waals surface area (Å²) in [5, 5.41) is 28.6. The second kappa shape index (κ2) is 9.10. The third kappa shape index (κ3) is 7.75. The third-order valence-electron chi connectivity index (χ3n) is 3.43. The minimum Gasteiger partial charge on any atom is -0.477 e. The molecule has 0 rings (SSSR count). The number of amides is 1. The summed E-state index contributed by atoms with van der Waals surface area (Å²) in [6, 6.07) is 0. The predicted octanol–water partition coefficient (Wildman–Crippen LogP) is 1.55. The second-order valence-corrected chi connectivity index (χ2v) is 7.23. The largest absolute Gasteiger partial charge is 0.477 e. The highest BCUT2D eigenvalue weighted by Gasteiger charge is 2.33. The first-order valence-electron chi connectivity index (χ1n) is 7.79. The van der Waals surface area contributed by atoms with E-state index in [-0.39, 0.29) is 42.0 Å². The molecule has 0 bridgehead atoms. The van der Waals surface area contributed by atoms with Gasteiger partial charge in [0, 0.05) is 12.5 Å². The first kappa shape index (κ1) is 20.9. The smallest absolute Gasteiger partial charge is 0.223 e. The topological polar surface area (TPSA) is 103 Å². The van der Waals surface area contributed by atoms with Gasteiger partial charge in [-0.05, 0) is 18.3 Å². The average molecular weight is 316 g/mol. The Balaban J connectivity index is 4.43. The molecule has 0 aliphatic rings. The van der Waals surface area contributed by atoms with E-state index in [1.165, 1.54) is 0 Å². The lowest BCUT2D eigenvalue weighted by molar-refractivity contribution is -0.123. The van der Waals surface area contributed by atoms with Crippen LogP contribution in [0.3, 0.4) is 0 Å². The van der Waals surface area contributed by atoms with Gasteiger partial charge in [0.1, 0.15) is 6.10 Å². The summed E-state index contributed by atoms with van der Waals surface area (Å²) in [5.74, 6) is 0.185. The van der Waals surface area contributed by atoms with E-state index >= 15 is 0 Å². The van der Waals surface area contributed by atoms with Crippen LogP contribution in [0, 0.1) is 22.7 Å². The summed E-state index contributed by atoms with van der Waals surface area (Å²) in [6.07, 6.45) is -1.26. The number of rotatable bonds is 8. The van der Waals surface area contributed by atoms with Gasteiger partial charge in [-0.1, -0.05) is 34.6 Å². The summed E-state index contributed by atoms with van der Waals surface area (Å²) in [5.41, 5.74) is -0.0849. The molecular formula is C16H32N2O4. The molecule has 0 saturated carbocycles. The van der Waals surface area contributed by atoms with Crippen molar-refractivity contribution in [3.05, 3.63) is 0 Å². The molecular weight excluding hydrogens is 284 g/mol. The van der Waals surface area contributed by atoms with Crippen LogP contribution in [0.1, 0.15) is 48.0 Å². The van der Waals surface area contributed by atoms with Gasteiger partial charge < -0.3 is 20.3 Å². The number of carbonyl (C=O) groups excluding carboxylic acids is 1. The van der Waals surface area contributed by atoms with Crippen molar-refractivity contribution in [1.82, 2.24) is 5.32 Å².